The van der Waals surface area contributed by atoms with Crippen LogP contribution in [0.15, 0.2) is 27.4 Å². The van der Waals surface area contributed by atoms with E-state index in [0.717, 1.165) is 29.9 Å². The number of benzene rings is 1. The van der Waals surface area contributed by atoms with E-state index < -0.39 is 5.76 Å². The van der Waals surface area contributed by atoms with Crippen LogP contribution in [-0.2, 0) is 6.42 Å². The average molecular weight is 238 g/mol. The third-order valence-electron chi connectivity index (χ3n) is 2.51. The van der Waals surface area contributed by atoms with Gasteiger partial charge in [0.15, 0.2) is 5.58 Å². The van der Waals surface area contributed by atoms with Gasteiger partial charge >= 0.3 is 5.76 Å². The molecule has 0 unspecified atom stereocenters. The van der Waals surface area contributed by atoms with Crippen molar-refractivity contribution in [3.8, 4) is 0 Å². The van der Waals surface area contributed by atoms with Crippen LogP contribution in [0.2, 0.25) is 0 Å². The molecule has 1 N–H and O–H groups in total. The highest BCUT2D eigenvalue weighted by Crippen LogP contribution is 2.12. The predicted molar refractivity (Wildman–Crippen MR) is 67.0 cm³/mol. The van der Waals surface area contributed by atoms with Gasteiger partial charge in [-0.1, -0.05) is 6.07 Å². The molecule has 5 heteroatoms. The van der Waals surface area contributed by atoms with Crippen molar-refractivity contribution in [3.05, 3.63) is 34.3 Å². The molecule has 0 saturated heterocycles. The fraction of sp³-hybridized carbons (Fsp3) is 0.364. The van der Waals surface area contributed by atoms with Crippen molar-refractivity contribution in [3.63, 3.8) is 0 Å². The van der Waals surface area contributed by atoms with Gasteiger partial charge in [0.25, 0.3) is 0 Å². The molecule has 0 spiro atoms. The summed E-state index contributed by atoms with van der Waals surface area (Å²) in [5.41, 5.74) is 2.52. The Morgan fingerprint density at radius 2 is 2.31 bits per heavy atom. The van der Waals surface area contributed by atoms with Crippen LogP contribution in [0.25, 0.3) is 11.1 Å². The van der Waals surface area contributed by atoms with E-state index in [1.807, 2.05) is 25.2 Å². The number of likely N-dealkylation sites (N-methyl/N-ethyl adjacent to an activating group) is 1. The Balaban J connectivity index is 2.16. The maximum atomic E-state index is 11.0. The van der Waals surface area contributed by atoms with Crippen molar-refractivity contribution in [2.75, 3.05) is 19.5 Å². The number of fused-ring (bicyclic) bond motifs is 1. The molecule has 16 heavy (non-hydrogen) atoms. The molecule has 2 rings (SSSR count). The van der Waals surface area contributed by atoms with Crippen LogP contribution in [0.5, 0.6) is 0 Å². The number of aromatic nitrogens is 1. The Morgan fingerprint density at radius 1 is 1.50 bits per heavy atom. The van der Waals surface area contributed by atoms with E-state index >= 15 is 0 Å². The van der Waals surface area contributed by atoms with Crippen molar-refractivity contribution >= 4 is 23.7 Å². The van der Waals surface area contributed by atoms with Gasteiger partial charge in [0.05, 0.1) is 5.52 Å². The zero-order valence-electron chi connectivity index (χ0n) is 9.06. The molecule has 1 heterocycles. The van der Waals surface area contributed by atoms with Crippen molar-refractivity contribution in [2.24, 2.45) is 0 Å². The quantitative estimate of drug-likeness (QED) is 0.626. The van der Waals surface area contributed by atoms with E-state index in [-0.39, 0.29) is 0 Å². The number of nitrogens with zero attached hydrogens (tertiary/aromatic N) is 1. The fourth-order valence-corrected chi connectivity index (χ4v) is 1.68. The Kier molecular flexibility index (Phi) is 3.36. The summed E-state index contributed by atoms with van der Waals surface area (Å²) in [5, 5.41) is 0. The van der Waals surface area contributed by atoms with Gasteiger partial charge in [0.1, 0.15) is 0 Å². The monoisotopic (exact) mass is 238 g/mol. The lowest BCUT2D eigenvalue weighted by Gasteiger charge is -2.12. The molecule has 1 aromatic carbocycles. The van der Waals surface area contributed by atoms with Crippen LogP contribution in [0.4, 0.5) is 0 Å². The molecule has 0 bridgehead atoms. The number of oxazole rings is 1. The molecule has 2 aromatic rings. The highest BCUT2D eigenvalue weighted by Gasteiger charge is 2.03. The largest absolute Gasteiger partial charge is 0.417 e. The van der Waals surface area contributed by atoms with Crippen molar-refractivity contribution < 1.29 is 4.42 Å². The number of rotatable bonds is 4. The molecule has 4 nitrogen and oxygen atoms in total. The maximum absolute atomic E-state index is 11.0. The van der Waals surface area contributed by atoms with Crippen molar-refractivity contribution in [2.45, 2.75) is 6.42 Å². The summed E-state index contributed by atoms with van der Waals surface area (Å²) in [6, 6.07) is 5.77. The highest BCUT2D eigenvalue weighted by atomic mass is 32.1. The minimum absolute atomic E-state index is 0.403. The third-order valence-corrected chi connectivity index (χ3v) is 2.99. The molecule has 0 aliphatic heterocycles. The van der Waals surface area contributed by atoms with Gasteiger partial charge in [0, 0.05) is 12.4 Å². The summed E-state index contributed by atoms with van der Waals surface area (Å²) in [5.74, 6) is 0.334. The van der Waals surface area contributed by atoms with Gasteiger partial charge in [-0.05, 0) is 31.2 Å². The van der Waals surface area contributed by atoms with Crippen LogP contribution >= 0.6 is 12.6 Å². The fourth-order valence-electron chi connectivity index (χ4n) is 1.54. The number of aromatic amines is 1. The first kappa shape index (κ1) is 11.3. The number of hydrogen-bond acceptors (Lipinski definition) is 4. The molecule has 0 atom stereocenters. The molecule has 0 amide bonds. The summed E-state index contributed by atoms with van der Waals surface area (Å²) in [7, 11) is 2.02. The van der Waals surface area contributed by atoms with E-state index in [1.54, 1.807) is 0 Å². The molecule has 0 saturated carbocycles. The van der Waals surface area contributed by atoms with Crippen molar-refractivity contribution in [1.29, 1.82) is 0 Å². The molecule has 1 aromatic heterocycles. The molecule has 0 aliphatic carbocycles. The van der Waals surface area contributed by atoms with Crippen LogP contribution in [0.1, 0.15) is 5.56 Å². The van der Waals surface area contributed by atoms with Gasteiger partial charge in [-0.15, -0.1) is 0 Å². The Labute approximate surface area is 98.7 Å². The van der Waals surface area contributed by atoms with E-state index in [4.69, 9.17) is 4.42 Å². The predicted octanol–water partition coefficient (Wildman–Crippen LogP) is 1.48. The lowest BCUT2D eigenvalue weighted by atomic mass is 10.1. The topological polar surface area (TPSA) is 49.2 Å². The third kappa shape index (κ3) is 2.48. The summed E-state index contributed by atoms with van der Waals surface area (Å²) in [4.78, 5) is 15.7. The van der Waals surface area contributed by atoms with Crippen molar-refractivity contribution in [1.82, 2.24) is 9.88 Å². The normalized spacial score (nSPS) is 11.4. The minimum Gasteiger partial charge on any atom is -0.408 e. The zero-order valence-corrected chi connectivity index (χ0v) is 9.96. The molecule has 0 radical (unpaired) electrons. The number of thiol groups is 1. The molecular formula is C11H14N2O2S. The first-order chi connectivity index (χ1) is 7.69. The highest BCUT2D eigenvalue weighted by molar-refractivity contribution is 7.80. The molecule has 86 valence electrons. The molecule has 0 aliphatic rings. The second kappa shape index (κ2) is 4.76. The second-order valence-electron chi connectivity index (χ2n) is 3.82. The lowest BCUT2D eigenvalue weighted by molar-refractivity contribution is 0.399. The Morgan fingerprint density at radius 3 is 3.06 bits per heavy atom. The van der Waals surface area contributed by atoms with Gasteiger partial charge < -0.3 is 4.42 Å². The van der Waals surface area contributed by atoms with E-state index in [1.165, 1.54) is 0 Å². The lowest BCUT2D eigenvalue weighted by Crippen LogP contribution is -2.19. The summed E-state index contributed by atoms with van der Waals surface area (Å²) < 4.78 is 5.00. The maximum Gasteiger partial charge on any atom is 0.417 e. The summed E-state index contributed by atoms with van der Waals surface area (Å²) in [6.45, 7) is 0.934. The van der Waals surface area contributed by atoms with Crippen LogP contribution in [0.3, 0.4) is 0 Å². The van der Waals surface area contributed by atoms with Gasteiger partial charge in [-0.25, -0.2) is 4.79 Å². The van der Waals surface area contributed by atoms with Gasteiger partial charge in [-0.2, -0.15) is 12.6 Å². The van der Waals surface area contributed by atoms with Crippen LogP contribution < -0.4 is 5.76 Å². The minimum atomic E-state index is -0.403. The SMILES string of the molecule is CN(CS)CCc1ccc2[nH]c(=O)oc2c1. The van der Waals surface area contributed by atoms with Crippen LogP contribution in [0, 0.1) is 0 Å². The van der Waals surface area contributed by atoms with Crippen LogP contribution in [-0.4, -0.2) is 29.4 Å². The standard InChI is InChI=1S/C11H14N2O2S/c1-13(7-16)5-4-8-2-3-9-10(6-8)15-11(14)12-9/h2-3,6,16H,4-5,7H2,1H3,(H,12,14). The first-order valence-electron chi connectivity index (χ1n) is 5.10. The van der Waals surface area contributed by atoms with Gasteiger partial charge in [-0.3, -0.25) is 9.88 Å². The Bertz CT molecular complexity index is 532. The summed E-state index contributed by atoms with van der Waals surface area (Å²) in [6.07, 6.45) is 0.919. The van der Waals surface area contributed by atoms with E-state index in [2.05, 4.69) is 22.5 Å². The smallest absolute Gasteiger partial charge is 0.408 e. The summed E-state index contributed by atoms with van der Waals surface area (Å²) >= 11 is 4.19. The van der Waals surface area contributed by atoms with E-state index in [0.29, 0.717) is 5.58 Å². The molecular weight excluding hydrogens is 224 g/mol. The van der Waals surface area contributed by atoms with E-state index in [9.17, 15) is 4.79 Å². The molecule has 0 fully saturated rings. The first-order valence-corrected chi connectivity index (χ1v) is 5.73. The number of nitrogens with one attached hydrogen (secondary N) is 1. The zero-order chi connectivity index (χ0) is 11.5. The average Bonchev–Trinajstić information content (AvgIpc) is 2.65. The second-order valence-corrected chi connectivity index (χ2v) is 4.10. The van der Waals surface area contributed by atoms with Gasteiger partial charge in [0.2, 0.25) is 0 Å². The number of hydrogen-bond donors (Lipinski definition) is 2. The number of H-pyrrole nitrogens is 1. The Hall–Kier alpha value is -1.20.